The summed E-state index contributed by atoms with van der Waals surface area (Å²) in [6.45, 7) is 18.0. The van der Waals surface area contributed by atoms with E-state index in [2.05, 4.69) is 225 Å². The van der Waals surface area contributed by atoms with Crippen molar-refractivity contribution in [2.75, 3.05) is 0 Å². The maximum absolute atomic E-state index is 5.16. The number of benzene rings is 6. The molecule has 0 N–H and O–H groups in total. The number of nitrogens with zero attached hydrogens (tertiary/aromatic N) is 4. The van der Waals surface area contributed by atoms with Crippen molar-refractivity contribution in [2.45, 2.75) is 79.1 Å². The number of hydrogen-bond acceptors (Lipinski definition) is 2. The van der Waals surface area contributed by atoms with Gasteiger partial charge in [-0.25, -0.2) is 9.98 Å². The van der Waals surface area contributed by atoms with E-state index in [0.717, 1.165) is 56.4 Å². The fourth-order valence-corrected chi connectivity index (χ4v) is 9.11. The molecule has 0 aliphatic carbocycles. The second-order valence-corrected chi connectivity index (χ2v) is 19.5. The summed E-state index contributed by atoms with van der Waals surface area (Å²) in [4.78, 5) is 19.9. The third-order valence-corrected chi connectivity index (χ3v) is 13.0. The maximum Gasteiger partial charge on any atom is 2.00 e. The van der Waals surface area contributed by atoms with E-state index < -0.39 is 0 Å². The van der Waals surface area contributed by atoms with Crippen molar-refractivity contribution >= 4 is 57.3 Å². The molecule has 0 bridgehead atoms. The predicted molar refractivity (Wildman–Crippen MR) is 302 cm³/mol. The normalized spacial score (nSPS) is 14.6. The molecule has 2 aromatic heterocycles. The first kappa shape index (κ1) is 50.1. The molecular formula is C66H62CuN4. The summed E-state index contributed by atoms with van der Waals surface area (Å²) in [5.41, 5.74) is 18.0. The molecule has 0 spiro atoms. The number of aromatic nitrogens is 2. The Labute approximate surface area is 431 Å². The summed E-state index contributed by atoms with van der Waals surface area (Å²) >= 11 is 0. The van der Waals surface area contributed by atoms with Gasteiger partial charge in [0.25, 0.3) is 0 Å². The third-order valence-electron chi connectivity index (χ3n) is 13.0. The summed E-state index contributed by atoms with van der Waals surface area (Å²) in [6, 6.07) is 51.4. The maximum atomic E-state index is 5.16. The van der Waals surface area contributed by atoms with Crippen LogP contribution in [0.15, 0.2) is 203 Å². The zero-order valence-electron chi connectivity index (χ0n) is 42.0. The van der Waals surface area contributed by atoms with Crippen LogP contribution in [0.3, 0.4) is 0 Å². The summed E-state index contributed by atoms with van der Waals surface area (Å²) in [5.74, 6) is 1.84. The van der Waals surface area contributed by atoms with Gasteiger partial charge in [-0.15, -0.1) is 22.8 Å². The molecule has 2 aliphatic heterocycles. The molecule has 2 aliphatic rings. The minimum absolute atomic E-state index is 0. The van der Waals surface area contributed by atoms with Gasteiger partial charge in [0.15, 0.2) is 0 Å². The van der Waals surface area contributed by atoms with Crippen molar-refractivity contribution in [2.24, 2.45) is 9.98 Å². The van der Waals surface area contributed by atoms with Crippen LogP contribution in [0.5, 0.6) is 0 Å². The summed E-state index contributed by atoms with van der Waals surface area (Å²) in [7, 11) is 0. The Kier molecular flexibility index (Phi) is 16.0. The summed E-state index contributed by atoms with van der Waals surface area (Å²) < 4.78 is 0. The van der Waals surface area contributed by atoms with Crippen LogP contribution >= 0.6 is 0 Å². The van der Waals surface area contributed by atoms with Crippen molar-refractivity contribution in [1.29, 1.82) is 0 Å². The van der Waals surface area contributed by atoms with E-state index in [-0.39, 0.29) is 17.1 Å². The molecular weight excluding hydrogens is 912 g/mol. The van der Waals surface area contributed by atoms with Crippen LogP contribution in [0.25, 0.3) is 68.4 Å². The standard InChI is InChI=1S/2C33H31N2.Cu/c2*1-22(2)25-15-19-30(31(20-25)23(3)4)33-29-13-9-8-12-28(29)32(35-33)21-27-18-17-26(34-27)16-14-24-10-6-5-7-11-24;/h2*5-23H,1-4H3;/q2*-1;+2/b2*16-14+,27-21-;. The number of hydrogen-bond donors (Lipinski definition) is 0. The largest absolute Gasteiger partial charge is 2.00 e. The van der Waals surface area contributed by atoms with Crippen LogP contribution in [0, 0.1) is 0 Å². The number of aliphatic imine (C=N–C) groups is 2. The van der Waals surface area contributed by atoms with Crippen molar-refractivity contribution in [3.05, 3.63) is 238 Å². The van der Waals surface area contributed by atoms with Gasteiger partial charge in [0.1, 0.15) is 0 Å². The minimum atomic E-state index is 0. The number of rotatable bonds is 12. The number of fused-ring (bicyclic) bond motifs is 2. The molecule has 0 saturated heterocycles. The molecule has 4 nitrogen and oxygen atoms in total. The Morgan fingerprint density at radius 3 is 1.11 bits per heavy atom. The first-order valence-electron chi connectivity index (χ1n) is 24.8. The van der Waals surface area contributed by atoms with Crippen LogP contribution in [0.4, 0.5) is 0 Å². The average Bonchev–Trinajstić information content (AvgIpc) is 4.19. The molecule has 0 saturated carbocycles. The van der Waals surface area contributed by atoms with E-state index in [1.54, 1.807) is 0 Å². The molecule has 0 atom stereocenters. The quantitative estimate of drug-likeness (QED) is 0.115. The third kappa shape index (κ3) is 11.7. The van der Waals surface area contributed by atoms with Crippen LogP contribution in [-0.2, 0) is 17.1 Å². The molecule has 357 valence electrons. The fourth-order valence-electron chi connectivity index (χ4n) is 9.11. The molecule has 5 heteroatoms. The molecule has 1 radical (unpaired) electrons. The topological polar surface area (TPSA) is 52.9 Å². The molecule has 71 heavy (non-hydrogen) atoms. The van der Waals surface area contributed by atoms with Crippen molar-refractivity contribution < 1.29 is 17.1 Å². The number of allylic oxidation sites excluding steroid dienone is 6. The summed E-state index contributed by atoms with van der Waals surface area (Å²) in [6.07, 6.45) is 20.7. The average molecular weight is 975 g/mol. The molecule has 8 aromatic rings. The Morgan fingerprint density at radius 2 is 0.746 bits per heavy atom. The molecule has 6 aromatic carbocycles. The first-order valence-corrected chi connectivity index (χ1v) is 24.8. The van der Waals surface area contributed by atoms with Gasteiger partial charge in [-0.2, -0.15) is 0 Å². The van der Waals surface area contributed by atoms with Gasteiger partial charge in [-0.3, -0.25) is 0 Å². The van der Waals surface area contributed by atoms with Crippen LogP contribution in [0.2, 0.25) is 0 Å². The zero-order valence-corrected chi connectivity index (χ0v) is 43.0. The Balaban J connectivity index is 0.000000188. The monoisotopic (exact) mass is 973 g/mol. The van der Waals surface area contributed by atoms with Gasteiger partial charge in [-0.1, -0.05) is 225 Å². The Bertz CT molecular complexity index is 3190. The first-order chi connectivity index (χ1) is 34.0. The second-order valence-electron chi connectivity index (χ2n) is 19.5. The summed E-state index contributed by atoms with van der Waals surface area (Å²) in [5, 5.41) is 4.70. The van der Waals surface area contributed by atoms with E-state index in [4.69, 9.17) is 20.0 Å². The molecule has 10 rings (SSSR count). The zero-order chi connectivity index (χ0) is 48.7. The predicted octanol–water partition coefficient (Wildman–Crippen LogP) is 17.5. The van der Waals surface area contributed by atoms with Crippen LogP contribution < -0.4 is 9.97 Å². The smallest absolute Gasteiger partial charge is 0.656 e. The van der Waals surface area contributed by atoms with E-state index in [1.165, 1.54) is 55.3 Å². The molecule has 4 heterocycles. The fraction of sp³-hybridized carbons (Fsp3) is 0.182. The Morgan fingerprint density at radius 1 is 0.380 bits per heavy atom. The van der Waals surface area contributed by atoms with Crippen LogP contribution in [0.1, 0.15) is 124 Å². The minimum Gasteiger partial charge on any atom is -0.656 e. The SMILES string of the molecule is CC(C)c1ccc(-c2[n-]c(/C=C3/C=CC(/C=C/c4ccccc4)=N3)c3ccccc23)c(C(C)C)c1.CC(C)c1ccc(-c2[n-]c(/C=C3/C=CC(/C=C/c4ccccc4)=N3)c3ccccc23)c(C(C)C)c1.[Cu+2]. The molecule has 0 unspecified atom stereocenters. The van der Waals surface area contributed by atoms with Gasteiger partial charge in [0, 0.05) is 0 Å². The van der Waals surface area contributed by atoms with Crippen molar-refractivity contribution in [1.82, 2.24) is 9.97 Å². The molecule has 0 amide bonds. The van der Waals surface area contributed by atoms with Gasteiger partial charge in [-0.05, 0) is 126 Å². The van der Waals surface area contributed by atoms with Gasteiger partial charge in [0.2, 0.25) is 0 Å². The van der Waals surface area contributed by atoms with Gasteiger partial charge < -0.3 is 9.97 Å². The van der Waals surface area contributed by atoms with E-state index >= 15 is 0 Å². The Hall–Kier alpha value is -7.30. The van der Waals surface area contributed by atoms with E-state index in [0.29, 0.717) is 23.7 Å². The van der Waals surface area contributed by atoms with Crippen molar-refractivity contribution in [3.8, 4) is 22.5 Å². The molecule has 0 fully saturated rings. The van der Waals surface area contributed by atoms with Crippen LogP contribution in [-0.4, -0.2) is 11.4 Å². The van der Waals surface area contributed by atoms with Gasteiger partial charge in [0.05, 0.1) is 22.8 Å². The van der Waals surface area contributed by atoms with Crippen molar-refractivity contribution in [3.63, 3.8) is 0 Å². The van der Waals surface area contributed by atoms with E-state index in [1.807, 2.05) is 36.4 Å². The van der Waals surface area contributed by atoms with E-state index in [9.17, 15) is 0 Å². The van der Waals surface area contributed by atoms with Gasteiger partial charge >= 0.3 is 17.1 Å². The second kappa shape index (κ2) is 22.6.